The van der Waals surface area contributed by atoms with Crippen molar-refractivity contribution in [2.24, 2.45) is 0 Å². The highest BCUT2D eigenvalue weighted by Crippen LogP contribution is 1.98. The highest BCUT2D eigenvalue weighted by atomic mass is 32.2. The van der Waals surface area contributed by atoms with Gasteiger partial charge in [-0.05, 0) is 0 Å². The Morgan fingerprint density at radius 1 is 1.58 bits per heavy atom. The summed E-state index contributed by atoms with van der Waals surface area (Å²) < 4.78 is 34.1. The van der Waals surface area contributed by atoms with Crippen molar-refractivity contribution in [1.82, 2.24) is 0 Å². The van der Waals surface area contributed by atoms with Crippen molar-refractivity contribution < 1.29 is 22.8 Å². The SMILES string of the molecule is C=CCOCC(CO)S(=O)(=O)O. The van der Waals surface area contributed by atoms with Gasteiger partial charge in [0.15, 0.2) is 0 Å². The normalized spacial score (nSPS) is 14.2. The monoisotopic (exact) mass is 196 g/mol. The molecule has 5 nitrogen and oxygen atoms in total. The van der Waals surface area contributed by atoms with Gasteiger partial charge in [0.25, 0.3) is 10.1 Å². The fourth-order valence-corrected chi connectivity index (χ4v) is 0.972. The first kappa shape index (κ1) is 11.6. The number of aliphatic hydroxyl groups is 1. The second kappa shape index (κ2) is 5.26. The molecule has 12 heavy (non-hydrogen) atoms. The summed E-state index contributed by atoms with van der Waals surface area (Å²) in [6.45, 7) is 2.64. The van der Waals surface area contributed by atoms with E-state index < -0.39 is 22.0 Å². The fourth-order valence-electron chi connectivity index (χ4n) is 0.516. The van der Waals surface area contributed by atoms with Crippen LogP contribution in [0, 0.1) is 0 Å². The summed E-state index contributed by atoms with van der Waals surface area (Å²) in [5.41, 5.74) is 0. The molecule has 0 aliphatic heterocycles. The molecule has 0 aliphatic rings. The third-order valence-corrected chi connectivity index (χ3v) is 2.29. The van der Waals surface area contributed by atoms with Gasteiger partial charge in [-0.2, -0.15) is 8.42 Å². The van der Waals surface area contributed by atoms with Gasteiger partial charge in [-0.15, -0.1) is 6.58 Å². The van der Waals surface area contributed by atoms with Crippen LogP contribution >= 0.6 is 0 Å². The van der Waals surface area contributed by atoms with E-state index in [1.165, 1.54) is 6.08 Å². The Balaban J connectivity index is 3.93. The lowest BCUT2D eigenvalue weighted by atomic mass is 10.5. The minimum absolute atomic E-state index is 0.187. The van der Waals surface area contributed by atoms with Crippen molar-refractivity contribution in [3.05, 3.63) is 12.7 Å². The fraction of sp³-hybridized carbons (Fsp3) is 0.667. The molecule has 0 amide bonds. The van der Waals surface area contributed by atoms with Gasteiger partial charge in [0, 0.05) is 0 Å². The van der Waals surface area contributed by atoms with Gasteiger partial charge in [0.2, 0.25) is 0 Å². The third kappa shape index (κ3) is 4.45. The molecule has 0 rings (SSSR count). The van der Waals surface area contributed by atoms with E-state index in [-0.39, 0.29) is 13.2 Å². The molecule has 6 heteroatoms. The predicted octanol–water partition coefficient (Wildman–Crippen LogP) is -0.562. The lowest BCUT2D eigenvalue weighted by Crippen LogP contribution is -2.29. The Hall–Kier alpha value is -0.430. The maximum atomic E-state index is 10.4. The van der Waals surface area contributed by atoms with Crippen LogP contribution in [0.2, 0.25) is 0 Å². The first-order valence-electron chi connectivity index (χ1n) is 3.28. The van der Waals surface area contributed by atoms with Crippen molar-refractivity contribution in [1.29, 1.82) is 0 Å². The summed E-state index contributed by atoms with van der Waals surface area (Å²) in [5, 5.41) is 7.25. The van der Waals surface area contributed by atoms with Crippen molar-refractivity contribution in [3.8, 4) is 0 Å². The quantitative estimate of drug-likeness (QED) is 0.338. The van der Waals surface area contributed by atoms with Crippen molar-refractivity contribution in [2.45, 2.75) is 5.25 Å². The van der Waals surface area contributed by atoms with E-state index >= 15 is 0 Å². The molecule has 0 aromatic rings. The smallest absolute Gasteiger partial charge is 0.272 e. The summed E-state index contributed by atoms with van der Waals surface area (Å²) in [6, 6.07) is 0. The number of aliphatic hydroxyl groups excluding tert-OH is 1. The molecule has 0 aromatic heterocycles. The summed E-state index contributed by atoms with van der Waals surface area (Å²) >= 11 is 0. The molecule has 0 bridgehead atoms. The molecule has 0 heterocycles. The highest BCUT2D eigenvalue weighted by Gasteiger charge is 2.21. The lowest BCUT2D eigenvalue weighted by Gasteiger charge is -2.09. The van der Waals surface area contributed by atoms with E-state index in [1.807, 2.05) is 0 Å². The van der Waals surface area contributed by atoms with Crippen LogP contribution in [0.5, 0.6) is 0 Å². The van der Waals surface area contributed by atoms with Crippen LogP contribution < -0.4 is 0 Å². The third-order valence-electron chi connectivity index (χ3n) is 1.16. The Kier molecular flexibility index (Phi) is 5.07. The zero-order valence-corrected chi connectivity index (χ0v) is 7.33. The second-order valence-corrected chi connectivity index (χ2v) is 3.84. The van der Waals surface area contributed by atoms with Crippen LogP contribution in [-0.4, -0.2) is 43.1 Å². The number of hydrogen-bond donors (Lipinski definition) is 2. The van der Waals surface area contributed by atoms with Crippen LogP contribution in [0.15, 0.2) is 12.7 Å². The van der Waals surface area contributed by atoms with Crippen LogP contribution in [0.4, 0.5) is 0 Å². The molecule has 72 valence electrons. The van der Waals surface area contributed by atoms with Gasteiger partial charge in [-0.1, -0.05) is 6.08 Å². The molecule has 0 aromatic carbocycles. The number of rotatable bonds is 6. The molecule has 0 saturated heterocycles. The molecule has 0 aliphatic carbocycles. The average Bonchev–Trinajstić information content (AvgIpc) is 1.95. The lowest BCUT2D eigenvalue weighted by molar-refractivity contribution is 0.138. The topological polar surface area (TPSA) is 83.8 Å². The molecule has 0 radical (unpaired) electrons. The largest absolute Gasteiger partial charge is 0.395 e. The molecule has 2 N–H and O–H groups in total. The van der Waals surface area contributed by atoms with Gasteiger partial charge in [0.05, 0.1) is 19.8 Å². The van der Waals surface area contributed by atoms with Gasteiger partial charge in [-0.3, -0.25) is 4.55 Å². The van der Waals surface area contributed by atoms with Crippen molar-refractivity contribution in [2.75, 3.05) is 19.8 Å². The van der Waals surface area contributed by atoms with Crippen LogP contribution in [0.25, 0.3) is 0 Å². The number of hydrogen-bond acceptors (Lipinski definition) is 4. The zero-order chi connectivity index (χ0) is 9.61. The molecular weight excluding hydrogens is 184 g/mol. The summed E-state index contributed by atoms with van der Waals surface area (Å²) in [7, 11) is -4.20. The Labute approximate surface area is 71.4 Å². The van der Waals surface area contributed by atoms with Gasteiger partial charge in [0.1, 0.15) is 5.25 Å². The van der Waals surface area contributed by atoms with E-state index in [2.05, 4.69) is 6.58 Å². The molecule has 1 atom stereocenters. The van der Waals surface area contributed by atoms with E-state index in [0.29, 0.717) is 0 Å². The van der Waals surface area contributed by atoms with Gasteiger partial charge < -0.3 is 9.84 Å². The van der Waals surface area contributed by atoms with Crippen molar-refractivity contribution in [3.63, 3.8) is 0 Å². The van der Waals surface area contributed by atoms with E-state index in [9.17, 15) is 8.42 Å². The Morgan fingerprint density at radius 2 is 2.17 bits per heavy atom. The van der Waals surface area contributed by atoms with E-state index in [4.69, 9.17) is 14.4 Å². The molecular formula is C6H12O5S. The molecule has 0 fully saturated rings. The minimum atomic E-state index is -4.20. The minimum Gasteiger partial charge on any atom is -0.395 e. The summed E-state index contributed by atoms with van der Waals surface area (Å²) in [4.78, 5) is 0. The molecule has 0 saturated carbocycles. The first-order valence-corrected chi connectivity index (χ1v) is 4.78. The van der Waals surface area contributed by atoms with E-state index in [1.54, 1.807) is 0 Å². The standard InChI is InChI=1S/C6H12O5S/c1-2-3-11-5-6(4-7)12(8,9)10/h2,6-7H,1,3-5H2,(H,8,9,10). The highest BCUT2D eigenvalue weighted by molar-refractivity contribution is 7.86. The summed E-state index contributed by atoms with van der Waals surface area (Å²) in [5.74, 6) is 0. The average molecular weight is 196 g/mol. The van der Waals surface area contributed by atoms with Crippen LogP contribution in [0.1, 0.15) is 0 Å². The van der Waals surface area contributed by atoms with Gasteiger partial charge in [-0.25, -0.2) is 0 Å². The maximum absolute atomic E-state index is 10.4. The molecule has 0 spiro atoms. The molecule has 1 unspecified atom stereocenters. The second-order valence-electron chi connectivity index (χ2n) is 2.15. The Morgan fingerprint density at radius 3 is 2.50 bits per heavy atom. The van der Waals surface area contributed by atoms with Crippen LogP contribution in [0.3, 0.4) is 0 Å². The summed E-state index contributed by atoms with van der Waals surface area (Å²) in [6.07, 6.45) is 1.44. The van der Waals surface area contributed by atoms with Gasteiger partial charge >= 0.3 is 0 Å². The Bertz CT molecular complexity index is 220. The van der Waals surface area contributed by atoms with E-state index in [0.717, 1.165) is 0 Å². The number of ether oxygens (including phenoxy) is 1. The van der Waals surface area contributed by atoms with Crippen molar-refractivity contribution >= 4 is 10.1 Å². The maximum Gasteiger partial charge on any atom is 0.272 e. The van der Waals surface area contributed by atoms with Crippen LogP contribution in [-0.2, 0) is 14.9 Å². The predicted molar refractivity (Wildman–Crippen MR) is 43.4 cm³/mol. The zero-order valence-electron chi connectivity index (χ0n) is 6.51. The first-order chi connectivity index (χ1) is 5.52.